The van der Waals surface area contributed by atoms with Crippen molar-refractivity contribution in [2.24, 2.45) is 4.99 Å². The van der Waals surface area contributed by atoms with Gasteiger partial charge in [0, 0.05) is 58.8 Å². The molecular weight excluding hydrogens is 366 g/mol. The molecule has 1 aromatic carbocycles. The number of nitrogens with one attached hydrogen (secondary N) is 1. The van der Waals surface area contributed by atoms with Gasteiger partial charge in [0.25, 0.3) is 0 Å². The summed E-state index contributed by atoms with van der Waals surface area (Å²) in [6, 6.07) is 8.33. The highest BCUT2D eigenvalue weighted by Crippen LogP contribution is 2.32. The van der Waals surface area contributed by atoms with Crippen LogP contribution in [0, 0.1) is 0 Å². The van der Waals surface area contributed by atoms with Gasteiger partial charge in [-0.3, -0.25) is 14.7 Å². The number of hydrogen-bond donors (Lipinski definition) is 1. The fourth-order valence-corrected chi connectivity index (χ4v) is 4.55. The van der Waals surface area contributed by atoms with Gasteiger partial charge in [0.05, 0.1) is 13.2 Å². The minimum atomic E-state index is 0.289. The first kappa shape index (κ1) is 20.0. The third-order valence-electron chi connectivity index (χ3n) is 6.29. The summed E-state index contributed by atoms with van der Waals surface area (Å²) in [5.41, 5.74) is 1.28. The van der Waals surface area contributed by atoms with Crippen molar-refractivity contribution in [2.45, 2.75) is 25.2 Å². The van der Waals surface area contributed by atoms with Crippen molar-refractivity contribution in [3.63, 3.8) is 0 Å². The first-order valence-corrected chi connectivity index (χ1v) is 10.9. The van der Waals surface area contributed by atoms with Gasteiger partial charge in [0.15, 0.2) is 5.96 Å². The standard InChI is InChI=1S/C22H33N5O2/c1-23-22(24-16-18-8-15-29-20-7-3-2-6-19(18)20)27-13-11-25(12-14-27)17-21(28)26-9-4-5-10-26/h2-3,6-7,18H,4-5,8-17H2,1H3,(H,23,24). The lowest BCUT2D eigenvalue weighted by molar-refractivity contribution is -0.131. The lowest BCUT2D eigenvalue weighted by Gasteiger charge is -2.37. The molecule has 1 aromatic rings. The topological polar surface area (TPSA) is 60.4 Å². The third kappa shape index (κ3) is 4.83. The molecule has 2 saturated heterocycles. The normalized spacial score (nSPS) is 22.9. The number of carbonyl (C=O) groups excluding carboxylic acids is 1. The van der Waals surface area contributed by atoms with Crippen molar-refractivity contribution in [2.75, 3.05) is 66.0 Å². The second-order valence-corrected chi connectivity index (χ2v) is 8.15. The van der Waals surface area contributed by atoms with Crippen molar-refractivity contribution < 1.29 is 9.53 Å². The average Bonchev–Trinajstić information content (AvgIpc) is 3.30. The molecule has 0 bridgehead atoms. The molecule has 7 nitrogen and oxygen atoms in total. The van der Waals surface area contributed by atoms with Gasteiger partial charge in [-0.15, -0.1) is 0 Å². The van der Waals surface area contributed by atoms with E-state index < -0.39 is 0 Å². The number of benzene rings is 1. The summed E-state index contributed by atoms with van der Waals surface area (Å²) in [4.78, 5) is 23.5. The zero-order valence-corrected chi connectivity index (χ0v) is 17.5. The van der Waals surface area contributed by atoms with Crippen LogP contribution in [-0.4, -0.2) is 92.6 Å². The molecule has 0 spiro atoms. The summed E-state index contributed by atoms with van der Waals surface area (Å²) in [7, 11) is 1.85. The number of fused-ring (bicyclic) bond motifs is 1. The molecule has 158 valence electrons. The van der Waals surface area contributed by atoms with E-state index in [0.29, 0.717) is 12.5 Å². The van der Waals surface area contributed by atoms with Gasteiger partial charge >= 0.3 is 0 Å². The van der Waals surface area contributed by atoms with Crippen LogP contribution >= 0.6 is 0 Å². The van der Waals surface area contributed by atoms with E-state index in [1.807, 2.05) is 18.0 Å². The number of nitrogens with zero attached hydrogens (tertiary/aromatic N) is 4. The van der Waals surface area contributed by atoms with Gasteiger partial charge in [0.1, 0.15) is 5.75 Å². The van der Waals surface area contributed by atoms with Crippen molar-refractivity contribution >= 4 is 11.9 Å². The molecule has 0 aromatic heterocycles. The van der Waals surface area contributed by atoms with E-state index in [0.717, 1.165) is 83.4 Å². The highest BCUT2D eigenvalue weighted by atomic mass is 16.5. The van der Waals surface area contributed by atoms with Crippen LogP contribution in [0.5, 0.6) is 5.75 Å². The van der Waals surface area contributed by atoms with E-state index in [2.05, 4.69) is 38.3 Å². The van der Waals surface area contributed by atoms with E-state index in [-0.39, 0.29) is 5.91 Å². The molecule has 1 N–H and O–H groups in total. The Morgan fingerprint density at radius 1 is 1.10 bits per heavy atom. The lowest BCUT2D eigenvalue weighted by atomic mass is 9.93. The molecule has 1 amide bonds. The van der Waals surface area contributed by atoms with Crippen LogP contribution in [0.4, 0.5) is 0 Å². The SMILES string of the molecule is CN=C(NCC1CCOc2ccccc21)N1CCN(CC(=O)N2CCCC2)CC1. The Labute approximate surface area is 173 Å². The monoisotopic (exact) mass is 399 g/mol. The smallest absolute Gasteiger partial charge is 0.236 e. The number of para-hydroxylation sites is 1. The molecule has 7 heteroatoms. The van der Waals surface area contributed by atoms with Crippen LogP contribution in [-0.2, 0) is 4.79 Å². The molecule has 0 aliphatic carbocycles. The number of carbonyl (C=O) groups is 1. The largest absolute Gasteiger partial charge is 0.493 e. The summed E-state index contributed by atoms with van der Waals surface area (Å²) in [6.07, 6.45) is 3.33. The summed E-state index contributed by atoms with van der Waals surface area (Å²) in [5, 5.41) is 3.58. The number of amides is 1. The molecular formula is C22H33N5O2. The molecule has 4 rings (SSSR count). The van der Waals surface area contributed by atoms with Gasteiger partial charge in [-0.25, -0.2) is 0 Å². The maximum atomic E-state index is 12.4. The molecule has 0 saturated carbocycles. The van der Waals surface area contributed by atoms with E-state index in [9.17, 15) is 4.79 Å². The summed E-state index contributed by atoms with van der Waals surface area (Å²) >= 11 is 0. The Hall–Kier alpha value is -2.28. The molecule has 3 aliphatic heterocycles. The number of ether oxygens (including phenoxy) is 1. The van der Waals surface area contributed by atoms with Gasteiger partial charge in [-0.1, -0.05) is 18.2 Å². The number of guanidine groups is 1. The van der Waals surface area contributed by atoms with Crippen LogP contribution in [0.2, 0.25) is 0 Å². The molecule has 29 heavy (non-hydrogen) atoms. The Kier molecular flexibility index (Phi) is 6.54. The maximum absolute atomic E-state index is 12.4. The highest BCUT2D eigenvalue weighted by Gasteiger charge is 2.26. The minimum absolute atomic E-state index is 0.289. The average molecular weight is 400 g/mol. The van der Waals surface area contributed by atoms with E-state index in [1.165, 1.54) is 5.56 Å². The van der Waals surface area contributed by atoms with Crippen LogP contribution in [0.1, 0.15) is 30.7 Å². The third-order valence-corrected chi connectivity index (χ3v) is 6.29. The molecule has 2 fully saturated rings. The van der Waals surface area contributed by atoms with Crippen LogP contribution in [0.25, 0.3) is 0 Å². The predicted octanol–water partition coefficient (Wildman–Crippen LogP) is 1.37. The van der Waals surface area contributed by atoms with Gasteiger partial charge in [-0.05, 0) is 30.9 Å². The number of likely N-dealkylation sites (tertiary alicyclic amines) is 1. The maximum Gasteiger partial charge on any atom is 0.236 e. The lowest BCUT2D eigenvalue weighted by Crippen LogP contribution is -2.54. The number of hydrogen-bond acceptors (Lipinski definition) is 4. The van der Waals surface area contributed by atoms with E-state index in [1.54, 1.807) is 0 Å². The zero-order chi connectivity index (χ0) is 20.1. The highest BCUT2D eigenvalue weighted by molar-refractivity contribution is 5.80. The van der Waals surface area contributed by atoms with Crippen molar-refractivity contribution in [1.82, 2.24) is 20.0 Å². The Morgan fingerprint density at radius 2 is 1.86 bits per heavy atom. The second kappa shape index (κ2) is 9.48. The van der Waals surface area contributed by atoms with Gasteiger partial charge < -0.3 is 19.9 Å². The van der Waals surface area contributed by atoms with E-state index >= 15 is 0 Å². The van der Waals surface area contributed by atoms with Crippen molar-refractivity contribution in [3.05, 3.63) is 29.8 Å². The molecule has 1 atom stereocenters. The van der Waals surface area contributed by atoms with Crippen LogP contribution < -0.4 is 10.1 Å². The van der Waals surface area contributed by atoms with Gasteiger partial charge in [-0.2, -0.15) is 0 Å². The second-order valence-electron chi connectivity index (χ2n) is 8.15. The molecule has 1 unspecified atom stereocenters. The fraction of sp³-hybridized carbons (Fsp3) is 0.636. The summed E-state index contributed by atoms with van der Waals surface area (Å²) in [6.45, 7) is 7.66. The van der Waals surface area contributed by atoms with Crippen molar-refractivity contribution in [3.8, 4) is 5.75 Å². The van der Waals surface area contributed by atoms with Crippen molar-refractivity contribution in [1.29, 1.82) is 0 Å². The zero-order valence-electron chi connectivity index (χ0n) is 17.5. The van der Waals surface area contributed by atoms with Crippen LogP contribution in [0.15, 0.2) is 29.3 Å². The molecule has 3 heterocycles. The Morgan fingerprint density at radius 3 is 2.62 bits per heavy atom. The first-order valence-electron chi connectivity index (χ1n) is 10.9. The minimum Gasteiger partial charge on any atom is -0.493 e. The summed E-state index contributed by atoms with van der Waals surface area (Å²) < 4.78 is 5.78. The summed E-state index contributed by atoms with van der Waals surface area (Å²) in [5.74, 6) is 2.70. The number of piperazine rings is 1. The Balaban J connectivity index is 1.25. The van der Waals surface area contributed by atoms with Gasteiger partial charge in [0.2, 0.25) is 5.91 Å². The number of aliphatic imine (C=N–C) groups is 1. The van der Waals surface area contributed by atoms with E-state index in [4.69, 9.17) is 4.74 Å². The quantitative estimate of drug-likeness (QED) is 0.612. The first-order chi connectivity index (χ1) is 14.2. The predicted molar refractivity (Wildman–Crippen MR) is 114 cm³/mol. The van der Waals surface area contributed by atoms with Crippen LogP contribution in [0.3, 0.4) is 0 Å². The number of rotatable bonds is 4. The molecule has 3 aliphatic rings. The fourth-order valence-electron chi connectivity index (χ4n) is 4.55. The Bertz CT molecular complexity index is 724. The molecule has 0 radical (unpaired) electrons.